The zero-order chi connectivity index (χ0) is 14.5. The minimum Gasteiger partial charge on any atom is -0.496 e. The van der Waals surface area contributed by atoms with Crippen molar-refractivity contribution in [2.45, 2.75) is 20.1 Å². The number of hydrogen-bond donors (Lipinski definition) is 1. The largest absolute Gasteiger partial charge is 0.496 e. The number of nitrogens with two attached hydrogens (primary N) is 1. The van der Waals surface area contributed by atoms with E-state index in [9.17, 15) is 0 Å². The summed E-state index contributed by atoms with van der Waals surface area (Å²) >= 11 is 3.46. The zero-order valence-electron chi connectivity index (χ0n) is 11.7. The Morgan fingerprint density at radius 1 is 1.10 bits per heavy atom. The summed E-state index contributed by atoms with van der Waals surface area (Å²) in [6, 6.07) is 11.9. The van der Waals surface area contributed by atoms with Crippen molar-refractivity contribution in [3.8, 4) is 11.5 Å². The Kier molecular flexibility index (Phi) is 5.04. The Balaban J connectivity index is 2.14. The minimum absolute atomic E-state index is 0.469. The average Bonchev–Trinajstić information content (AvgIpc) is 2.46. The lowest BCUT2D eigenvalue weighted by atomic mass is 10.1. The van der Waals surface area contributed by atoms with Crippen LogP contribution in [0.15, 0.2) is 40.9 Å². The molecule has 0 saturated carbocycles. The lowest BCUT2D eigenvalue weighted by molar-refractivity contribution is 0.296. The van der Waals surface area contributed by atoms with Gasteiger partial charge >= 0.3 is 0 Å². The van der Waals surface area contributed by atoms with E-state index in [0.29, 0.717) is 13.2 Å². The maximum atomic E-state index is 5.83. The molecule has 0 radical (unpaired) electrons. The predicted octanol–water partition coefficient (Wildman–Crippen LogP) is 3.80. The van der Waals surface area contributed by atoms with Crippen LogP contribution in [0.25, 0.3) is 0 Å². The van der Waals surface area contributed by atoms with Crippen LogP contribution in [0, 0.1) is 6.92 Å². The lowest BCUT2D eigenvalue weighted by Crippen LogP contribution is -2.01. The van der Waals surface area contributed by atoms with Gasteiger partial charge in [-0.15, -0.1) is 0 Å². The van der Waals surface area contributed by atoms with Gasteiger partial charge in [-0.05, 0) is 42.8 Å². The first-order chi connectivity index (χ1) is 9.63. The van der Waals surface area contributed by atoms with E-state index in [1.165, 1.54) is 5.56 Å². The maximum Gasteiger partial charge on any atom is 0.125 e. The van der Waals surface area contributed by atoms with Crippen molar-refractivity contribution in [1.29, 1.82) is 0 Å². The smallest absolute Gasteiger partial charge is 0.125 e. The third kappa shape index (κ3) is 3.52. The Morgan fingerprint density at radius 2 is 1.90 bits per heavy atom. The van der Waals surface area contributed by atoms with Gasteiger partial charge in [0.25, 0.3) is 0 Å². The number of halogens is 1. The molecule has 0 aromatic heterocycles. The molecule has 3 nitrogen and oxygen atoms in total. The van der Waals surface area contributed by atoms with Crippen LogP contribution in [0.4, 0.5) is 0 Å². The van der Waals surface area contributed by atoms with Crippen molar-refractivity contribution in [3.63, 3.8) is 0 Å². The van der Waals surface area contributed by atoms with E-state index in [4.69, 9.17) is 15.2 Å². The van der Waals surface area contributed by atoms with E-state index in [-0.39, 0.29) is 0 Å². The number of benzene rings is 2. The van der Waals surface area contributed by atoms with E-state index >= 15 is 0 Å². The first kappa shape index (κ1) is 14.9. The lowest BCUT2D eigenvalue weighted by Gasteiger charge is -2.12. The third-order valence-electron chi connectivity index (χ3n) is 3.07. The van der Waals surface area contributed by atoms with Crippen LogP contribution >= 0.6 is 15.9 Å². The molecule has 0 heterocycles. The normalized spacial score (nSPS) is 10.4. The van der Waals surface area contributed by atoms with Gasteiger partial charge in [-0.2, -0.15) is 0 Å². The molecule has 2 N–H and O–H groups in total. The standard InChI is InChI=1S/C16H18BrNO2/c1-11-3-6-16(19-2)13(7-11)10-20-14-4-5-15(17)12(8-14)9-18/h3-8H,9-10,18H2,1-2H3. The Bertz CT molecular complexity index is 599. The molecule has 20 heavy (non-hydrogen) atoms. The highest BCUT2D eigenvalue weighted by Crippen LogP contribution is 2.25. The maximum absolute atomic E-state index is 5.83. The van der Waals surface area contributed by atoms with Gasteiger partial charge in [0, 0.05) is 16.6 Å². The fourth-order valence-corrected chi connectivity index (χ4v) is 2.39. The summed E-state index contributed by atoms with van der Waals surface area (Å²) in [6.45, 7) is 3.00. The van der Waals surface area contributed by atoms with Crippen molar-refractivity contribution in [1.82, 2.24) is 0 Å². The Hall–Kier alpha value is -1.52. The third-order valence-corrected chi connectivity index (χ3v) is 3.84. The molecule has 0 unspecified atom stereocenters. The highest BCUT2D eigenvalue weighted by molar-refractivity contribution is 9.10. The molecule has 0 aliphatic carbocycles. The van der Waals surface area contributed by atoms with Gasteiger partial charge < -0.3 is 15.2 Å². The summed E-state index contributed by atoms with van der Waals surface area (Å²) in [4.78, 5) is 0. The van der Waals surface area contributed by atoms with Crippen LogP contribution in [-0.4, -0.2) is 7.11 Å². The Labute approximate surface area is 127 Å². The van der Waals surface area contributed by atoms with Gasteiger partial charge in [0.15, 0.2) is 0 Å². The molecule has 2 aromatic carbocycles. The molecule has 4 heteroatoms. The molecule has 0 bridgehead atoms. The van der Waals surface area contributed by atoms with Crippen molar-refractivity contribution in [3.05, 3.63) is 57.6 Å². The molecular weight excluding hydrogens is 318 g/mol. The second-order valence-corrected chi connectivity index (χ2v) is 5.42. The van der Waals surface area contributed by atoms with Crippen molar-refractivity contribution in [2.24, 2.45) is 5.73 Å². The molecule has 0 atom stereocenters. The van der Waals surface area contributed by atoms with Gasteiger partial charge in [0.1, 0.15) is 18.1 Å². The highest BCUT2D eigenvalue weighted by Gasteiger charge is 2.06. The minimum atomic E-state index is 0.469. The van der Waals surface area contributed by atoms with E-state index in [2.05, 4.69) is 28.9 Å². The quantitative estimate of drug-likeness (QED) is 0.903. The SMILES string of the molecule is COc1ccc(C)cc1COc1ccc(Br)c(CN)c1. The second kappa shape index (κ2) is 6.77. The first-order valence-electron chi connectivity index (χ1n) is 6.39. The molecular formula is C16H18BrNO2. The fourth-order valence-electron chi connectivity index (χ4n) is 1.98. The summed E-state index contributed by atoms with van der Waals surface area (Å²) in [7, 11) is 1.67. The van der Waals surface area contributed by atoms with Crippen LogP contribution in [-0.2, 0) is 13.2 Å². The van der Waals surface area contributed by atoms with Gasteiger partial charge in [0.2, 0.25) is 0 Å². The average molecular weight is 336 g/mol. The highest BCUT2D eigenvalue weighted by atomic mass is 79.9. The number of rotatable bonds is 5. The van der Waals surface area contributed by atoms with E-state index in [1.54, 1.807) is 7.11 Å². The van der Waals surface area contributed by atoms with Crippen molar-refractivity contribution < 1.29 is 9.47 Å². The van der Waals surface area contributed by atoms with Crippen LogP contribution in [0.3, 0.4) is 0 Å². The topological polar surface area (TPSA) is 44.5 Å². The van der Waals surface area contributed by atoms with Gasteiger partial charge in [-0.3, -0.25) is 0 Å². The number of aryl methyl sites for hydroxylation is 1. The Morgan fingerprint density at radius 3 is 2.60 bits per heavy atom. The molecule has 0 aliphatic rings. The van der Waals surface area contributed by atoms with Crippen molar-refractivity contribution >= 4 is 15.9 Å². The summed E-state index contributed by atoms with van der Waals surface area (Å²) < 4.78 is 12.2. The van der Waals surface area contributed by atoms with Gasteiger partial charge in [-0.25, -0.2) is 0 Å². The number of ether oxygens (including phenoxy) is 2. The molecule has 2 aromatic rings. The van der Waals surface area contributed by atoms with Gasteiger partial charge in [-0.1, -0.05) is 27.6 Å². The molecule has 0 aliphatic heterocycles. The monoisotopic (exact) mass is 335 g/mol. The molecule has 0 amide bonds. The molecule has 0 fully saturated rings. The fraction of sp³-hybridized carbons (Fsp3) is 0.250. The van der Waals surface area contributed by atoms with Crippen LogP contribution in [0.2, 0.25) is 0 Å². The summed E-state index contributed by atoms with van der Waals surface area (Å²) in [5.41, 5.74) is 8.93. The summed E-state index contributed by atoms with van der Waals surface area (Å²) in [5.74, 6) is 1.64. The zero-order valence-corrected chi connectivity index (χ0v) is 13.2. The summed E-state index contributed by atoms with van der Waals surface area (Å²) in [6.07, 6.45) is 0. The molecule has 0 saturated heterocycles. The van der Waals surface area contributed by atoms with Crippen LogP contribution in [0.5, 0.6) is 11.5 Å². The molecule has 0 spiro atoms. The van der Waals surface area contributed by atoms with E-state index < -0.39 is 0 Å². The second-order valence-electron chi connectivity index (χ2n) is 4.56. The number of methoxy groups -OCH3 is 1. The van der Waals surface area contributed by atoms with Crippen molar-refractivity contribution in [2.75, 3.05) is 7.11 Å². The van der Waals surface area contributed by atoms with Crippen LogP contribution in [0.1, 0.15) is 16.7 Å². The van der Waals surface area contributed by atoms with Gasteiger partial charge in [0.05, 0.1) is 7.11 Å². The first-order valence-corrected chi connectivity index (χ1v) is 7.18. The summed E-state index contributed by atoms with van der Waals surface area (Å²) in [5, 5.41) is 0. The number of hydrogen-bond acceptors (Lipinski definition) is 3. The molecule has 106 valence electrons. The molecule has 2 rings (SSSR count). The van der Waals surface area contributed by atoms with E-state index in [1.807, 2.05) is 30.3 Å². The van der Waals surface area contributed by atoms with Crippen LogP contribution < -0.4 is 15.2 Å². The van der Waals surface area contributed by atoms with E-state index in [0.717, 1.165) is 27.1 Å². The predicted molar refractivity (Wildman–Crippen MR) is 84.1 cm³/mol.